The van der Waals surface area contributed by atoms with E-state index in [-0.39, 0.29) is 6.10 Å². The Morgan fingerprint density at radius 1 is 1.55 bits per heavy atom. The van der Waals surface area contributed by atoms with Crippen molar-refractivity contribution in [1.29, 1.82) is 0 Å². The van der Waals surface area contributed by atoms with Crippen LogP contribution in [0.15, 0.2) is 37.0 Å². The molecular weight excluding hydrogens is 136 g/mol. The molecule has 0 amide bonds. The van der Waals surface area contributed by atoms with Gasteiger partial charge in [-0.25, -0.2) is 0 Å². The van der Waals surface area contributed by atoms with Crippen LogP contribution in [0.5, 0.6) is 0 Å². The average molecular weight is 150 g/mol. The summed E-state index contributed by atoms with van der Waals surface area (Å²) in [4.78, 5) is 0. The molecule has 0 aromatic heterocycles. The van der Waals surface area contributed by atoms with Gasteiger partial charge < -0.3 is 4.74 Å². The quantitative estimate of drug-likeness (QED) is 0.559. The molecule has 0 aromatic carbocycles. The first-order valence-electron chi connectivity index (χ1n) is 3.87. The average Bonchev–Trinajstić information content (AvgIpc) is 2.52. The van der Waals surface area contributed by atoms with Crippen LogP contribution in [-0.4, -0.2) is 13.2 Å². The Labute approximate surface area is 68.1 Å². The maximum atomic E-state index is 5.30. The molecule has 0 spiro atoms. The molecule has 11 heavy (non-hydrogen) atoms. The second-order valence-corrected chi connectivity index (χ2v) is 2.65. The Balaban J connectivity index is 2.47. The van der Waals surface area contributed by atoms with Crippen molar-refractivity contribution >= 4 is 0 Å². The lowest BCUT2D eigenvalue weighted by atomic mass is 10.0. The second kappa shape index (κ2) is 4.14. The van der Waals surface area contributed by atoms with Crippen molar-refractivity contribution in [3.8, 4) is 0 Å². The van der Waals surface area contributed by atoms with Gasteiger partial charge in [0.15, 0.2) is 0 Å². The molecule has 0 saturated heterocycles. The van der Waals surface area contributed by atoms with Gasteiger partial charge in [0.05, 0.1) is 6.10 Å². The van der Waals surface area contributed by atoms with Crippen LogP contribution in [0.1, 0.15) is 6.42 Å². The molecule has 0 fully saturated rings. The van der Waals surface area contributed by atoms with Gasteiger partial charge in [-0.15, -0.1) is 6.58 Å². The summed E-state index contributed by atoms with van der Waals surface area (Å²) >= 11 is 0. The minimum atomic E-state index is 0.266. The highest BCUT2D eigenvalue weighted by Crippen LogP contribution is 2.18. The fourth-order valence-electron chi connectivity index (χ4n) is 1.27. The summed E-state index contributed by atoms with van der Waals surface area (Å²) in [6.45, 7) is 3.69. The summed E-state index contributed by atoms with van der Waals surface area (Å²) < 4.78 is 5.30. The van der Waals surface area contributed by atoms with Crippen molar-refractivity contribution in [3.63, 3.8) is 0 Å². The maximum Gasteiger partial charge on any atom is 0.0702 e. The SMILES string of the molecule is C=CCC(OC)C1C=CC=C1. The number of rotatable bonds is 4. The van der Waals surface area contributed by atoms with Gasteiger partial charge in [0, 0.05) is 13.0 Å². The van der Waals surface area contributed by atoms with Crippen molar-refractivity contribution in [2.24, 2.45) is 5.92 Å². The van der Waals surface area contributed by atoms with E-state index in [0.717, 1.165) is 6.42 Å². The second-order valence-electron chi connectivity index (χ2n) is 2.65. The van der Waals surface area contributed by atoms with Crippen LogP contribution in [0.3, 0.4) is 0 Å². The van der Waals surface area contributed by atoms with Gasteiger partial charge in [-0.3, -0.25) is 0 Å². The molecule has 1 heteroatoms. The Morgan fingerprint density at radius 3 is 2.64 bits per heavy atom. The highest BCUT2D eigenvalue weighted by atomic mass is 16.5. The fourth-order valence-corrected chi connectivity index (χ4v) is 1.27. The monoisotopic (exact) mass is 150 g/mol. The Kier molecular flexibility index (Phi) is 3.12. The van der Waals surface area contributed by atoms with Gasteiger partial charge in [-0.2, -0.15) is 0 Å². The van der Waals surface area contributed by atoms with Crippen molar-refractivity contribution < 1.29 is 4.74 Å². The topological polar surface area (TPSA) is 9.23 Å². The summed E-state index contributed by atoms with van der Waals surface area (Å²) in [6, 6.07) is 0. The molecule has 0 aliphatic heterocycles. The van der Waals surface area contributed by atoms with Crippen LogP contribution in [0, 0.1) is 5.92 Å². The molecule has 0 radical (unpaired) electrons. The van der Waals surface area contributed by atoms with Gasteiger partial charge >= 0.3 is 0 Å². The van der Waals surface area contributed by atoms with Crippen molar-refractivity contribution in [2.75, 3.05) is 7.11 Å². The molecule has 1 nitrogen and oxygen atoms in total. The number of hydrogen-bond acceptors (Lipinski definition) is 1. The van der Waals surface area contributed by atoms with Crippen molar-refractivity contribution in [2.45, 2.75) is 12.5 Å². The third-order valence-electron chi connectivity index (χ3n) is 1.91. The van der Waals surface area contributed by atoms with Gasteiger partial charge in [0.2, 0.25) is 0 Å². The zero-order chi connectivity index (χ0) is 8.10. The highest BCUT2D eigenvalue weighted by molar-refractivity contribution is 5.19. The lowest BCUT2D eigenvalue weighted by Crippen LogP contribution is -2.17. The van der Waals surface area contributed by atoms with Gasteiger partial charge in [0.1, 0.15) is 0 Å². The number of hydrogen-bond donors (Lipinski definition) is 0. The zero-order valence-corrected chi connectivity index (χ0v) is 6.86. The molecule has 0 aromatic rings. The lowest BCUT2D eigenvalue weighted by Gasteiger charge is -2.17. The van der Waals surface area contributed by atoms with Crippen LogP contribution in [0.2, 0.25) is 0 Å². The smallest absolute Gasteiger partial charge is 0.0702 e. The molecule has 1 atom stereocenters. The van der Waals surface area contributed by atoms with E-state index < -0.39 is 0 Å². The summed E-state index contributed by atoms with van der Waals surface area (Å²) in [5.41, 5.74) is 0. The fraction of sp³-hybridized carbons (Fsp3) is 0.400. The lowest BCUT2D eigenvalue weighted by molar-refractivity contribution is 0.0858. The predicted octanol–water partition coefficient (Wildman–Crippen LogP) is 2.32. The van der Waals surface area contributed by atoms with E-state index in [4.69, 9.17) is 4.74 Å². The van der Waals surface area contributed by atoms with Crippen LogP contribution in [0.4, 0.5) is 0 Å². The van der Waals surface area contributed by atoms with Gasteiger partial charge in [0.25, 0.3) is 0 Å². The third-order valence-corrected chi connectivity index (χ3v) is 1.91. The third kappa shape index (κ3) is 2.05. The largest absolute Gasteiger partial charge is 0.380 e. The molecule has 1 aliphatic carbocycles. The van der Waals surface area contributed by atoms with Crippen LogP contribution in [0.25, 0.3) is 0 Å². The first-order valence-corrected chi connectivity index (χ1v) is 3.87. The van der Waals surface area contributed by atoms with Gasteiger partial charge in [-0.05, 0) is 6.42 Å². The first kappa shape index (κ1) is 8.28. The number of methoxy groups -OCH3 is 1. The van der Waals surface area contributed by atoms with Crippen LogP contribution in [-0.2, 0) is 4.74 Å². The summed E-state index contributed by atoms with van der Waals surface area (Å²) in [5, 5.41) is 0. The van der Waals surface area contributed by atoms with E-state index in [2.05, 4.69) is 30.9 Å². The van der Waals surface area contributed by atoms with Crippen molar-refractivity contribution in [3.05, 3.63) is 37.0 Å². The Bertz CT molecular complexity index is 167. The Morgan fingerprint density at radius 2 is 2.18 bits per heavy atom. The number of ether oxygens (including phenoxy) is 1. The van der Waals surface area contributed by atoms with E-state index in [9.17, 15) is 0 Å². The van der Waals surface area contributed by atoms with E-state index in [0.29, 0.717) is 5.92 Å². The van der Waals surface area contributed by atoms with Crippen LogP contribution < -0.4 is 0 Å². The highest BCUT2D eigenvalue weighted by Gasteiger charge is 2.15. The van der Waals surface area contributed by atoms with E-state index in [1.165, 1.54) is 0 Å². The predicted molar refractivity (Wildman–Crippen MR) is 47.4 cm³/mol. The first-order chi connectivity index (χ1) is 5.38. The zero-order valence-electron chi connectivity index (χ0n) is 6.86. The van der Waals surface area contributed by atoms with E-state index in [1.807, 2.05) is 6.08 Å². The molecule has 0 saturated carbocycles. The summed E-state index contributed by atoms with van der Waals surface area (Å²) in [6.07, 6.45) is 11.5. The molecule has 1 unspecified atom stereocenters. The normalized spacial score (nSPS) is 19.0. The minimum absolute atomic E-state index is 0.266. The molecule has 0 heterocycles. The van der Waals surface area contributed by atoms with Gasteiger partial charge in [-0.1, -0.05) is 30.4 Å². The molecule has 60 valence electrons. The summed E-state index contributed by atoms with van der Waals surface area (Å²) in [7, 11) is 1.74. The summed E-state index contributed by atoms with van der Waals surface area (Å²) in [5.74, 6) is 0.443. The van der Waals surface area contributed by atoms with Crippen molar-refractivity contribution in [1.82, 2.24) is 0 Å². The molecular formula is C10H14O. The van der Waals surface area contributed by atoms with E-state index in [1.54, 1.807) is 7.11 Å². The number of allylic oxidation sites excluding steroid dienone is 2. The van der Waals surface area contributed by atoms with Crippen LogP contribution >= 0.6 is 0 Å². The Hall–Kier alpha value is -0.820. The van der Waals surface area contributed by atoms with E-state index >= 15 is 0 Å². The standard InChI is InChI=1S/C10H14O/c1-3-6-10(11-2)9-7-4-5-8-9/h3-5,7-10H,1,6H2,2H3. The molecule has 0 N–H and O–H groups in total. The molecule has 1 aliphatic rings. The maximum absolute atomic E-state index is 5.30. The molecule has 1 rings (SSSR count). The minimum Gasteiger partial charge on any atom is -0.380 e. The molecule has 0 bridgehead atoms.